The molecule has 2 aliphatic heterocycles. The van der Waals surface area contributed by atoms with Gasteiger partial charge < -0.3 is 19.4 Å². The highest BCUT2D eigenvalue weighted by atomic mass is 16.5. The number of benzene rings is 1. The summed E-state index contributed by atoms with van der Waals surface area (Å²) in [6.07, 6.45) is 1.53. The number of nitrogens with zero attached hydrogens (tertiary/aromatic N) is 8. The molecule has 10 nitrogen and oxygen atoms in total. The van der Waals surface area contributed by atoms with E-state index in [1.807, 2.05) is 48.2 Å². The van der Waals surface area contributed by atoms with Crippen molar-refractivity contribution in [1.29, 1.82) is 0 Å². The molecule has 5 rings (SSSR count). The van der Waals surface area contributed by atoms with E-state index in [1.165, 1.54) is 11.0 Å². The summed E-state index contributed by atoms with van der Waals surface area (Å²) in [6.45, 7) is 7.61. The first-order valence-corrected chi connectivity index (χ1v) is 10.9. The van der Waals surface area contributed by atoms with Crippen LogP contribution in [0.2, 0.25) is 0 Å². The molecular formula is C22H26N8O2. The second-order valence-corrected chi connectivity index (χ2v) is 7.90. The van der Waals surface area contributed by atoms with Gasteiger partial charge in [-0.1, -0.05) is 18.2 Å². The van der Waals surface area contributed by atoms with Gasteiger partial charge in [0, 0.05) is 51.0 Å². The molecule has 4 heterocycles. The van der Waals surface area contributed by atoms with Gasteiger partial charge in [0.05, 0.1) is 25.1 Å². The van der Waals surface area contributed by atoms with Gasteiger partial charge in [0.25, 0.3) is 5.91 Å². The Bertz CT molecular complexity index is 1070. The van der Waals surface area contributed by atoms with E-state index in [4.69, 9.17) is 9.72 Å². The number of carbonyl (C=O) groups excluding carboxylic acids is 1. The van der Waals surface area contributed by atoms with Crippen LogP contribution in [0.25, 0.3) is 5.69 Å². The first-order valence-electron chi connectivity index (χ1n) is 10.9. The van der Waals surface area contributed by atoms with Crippen molar-refractivity contribution in [2.45, 2.75) is 6.92 Å². The van der Waals surface area contributed by atoms with E-state index in [1.54, 1.807) is 0 Å². The third kappa shape index (κ3) is 4.26. The fraction of sp³-hybridized carbons (Fsp3) is 0.409. The second kappa shape index (κ2) is 8.91. The van der Waals surface area contributed by atoms with Gasteiger partial charge in [-0.2, -0.15) is 14.9 Å². The molecule has 0 radical (unpaired) electrons. The van der Waals surface area contributed by atoms with Crippen LogP contribution in [0.3, 0.4) is 0 Å². The van der Waals surface area contributed by atoms with E-state index in [9.17, 15) is 4.79 Å². The highest BCUT2D eigenvalue weighted by Gasteiger charge is 2.26. The minimum absolute atomic E-state index is 0.0975. The standard InChI is InChI=1S/C22H26N8O2/c1-17-15-20(25-22(24-17)29-11-13-32-14-12-29)27-7-9-28(10-8-27)21(31)19-16-23-30(26-19)18-5-3-2-4-6-18/h2-6,15-16H,7-14H2,1H3. The van der Waals surface area contributed by atoms with E-state index in [0.717, 1.165) is 36.2 Å². The van der Waals surface area contributed by atoms with Gasteiger partial charge in [-0.3, -0.25) is 4.79 Å². The van der Waals surface area contributed by atoms with Gasteiger partial charge in [0.1, 0.15) is 5.82 Å². The van der Waals surface area contributed by atoms with Crippen molar-refractivity contribution in [3.8, 4) is 5.69 Å². The van der Waals surface area contributed by atoms with Gasteiger partial charge in [-0.15, -0.1) is 5.10 Å². The van der Waals surface area contributed by atoms with E-state index in [0.29, 0.717) is 45.1 Å². The Kier molecular flexibility index (Phi) is 5.68. The number of ether oxygens (including phenoxy) is 1. The van der Waals surface area contributed by atoms with Crippen molar-refractivity contribution in [2.75, 3.05) is 62.3 Å². The number of para-hydroxylation sites is 1. The average molecular weight is 435 g/mol. The molecule has 1 amide bonds. The summed E-state index contributed by atoms with van der Waals surface area (Å²) in [6, 6.07) is 11.6. The smallest absolute Gasteiger partial charge is 0.276 e. The highest BCUT2D eigenvalue weighted by Crippen LogP contribution is 2.20. The Morgan fingerprint density at radius 1 is 0.938 bits per heavy atom. The molecule has 0 atom stereocenters. The molecule has 3 aromatic rings. The summed E-state index contributed by atoms with van der Waals surface area (Å²) in [7, 11) is 0. The summed E-state index contributed by atoms with van der Waals surface area (Å²) >= 11 is 0. The van der Waals surface area contributed by atoms with Gasteiger partial charge in [0.2, 0.25) is 5.95 Å². The van der Waals surface area contributed by atoms with Crippen molar-refractivity contribution in [1.82, 2.24) is 29.9 Å². The molecular weight excluding hydrogens is 408 g/mol. The molecule has 10 heteroatoms. The van der Waals surface area contributed by atoms with Crippen LogP contribution in [-0.4, -0.2) is 88.3 Å². The lowest BCUT2D eigenvalue weighted by atomic mass is 10.2. The Morgan fingerprint density at radius 2 is 1.69 bits per heavy atom. The lowest BCUT2D eigenvalue weighted by molar-refractivity contribution is 0.0740. The molecule has 2 aromatic heterocycles. The maximum absolute atomic E-state index is 12.9. The van der Waals surface area contributed by atoms with Crippen LogP contribution in [-0.2, 0) is 4.74 Å². The number of piperazine rings is 1. The zero-order valence-electron chi connectivity index (χ0n) is 18.1. The number of aromatic nitrogens is 5. The molecule has 32 heavy (non-hydrogen) atoms. The van der Waals surface area contributed by atoms with E-state index in [-0.39, 0.29) is 5.91 Å². The molecule has 166 valence electrons. The Morgan fingerprint density at radius 3 is 2.44 bits per heavy atom. The van der Waals surface area contributed by atoms with Crippen LogP contribution in [0, 0.1) is 6.92 Å². The summed E-state index contributed by atoms with van der Waals surface area (Å²) < 4.78 is 5.44. The van der Waals surface area contributed by atoms with E-state index in [2.05, 4.69) is 25.0 Å². The van der Waals surface area contributed by atoms with Gasteiger partial charge >= 0.3 is 0 Å². The molecule has 2 saturated heterocycles. The van der Waals surface area contributed by atoms with Crippen LogP contribution in [0.5, 0.6) is 0 Å². The number of hydrogen-bond donors (Lipinski definition) is 0. The van der Waals surface area contributed by atoms with Crippen LogP contribution < -0.4 is 9.80 Å². The molecule has 0 bridgehead atoms. The third-order valence-electron chi connectivity index (χ3n) is 5.71. The molecule has 1 aromatic carbocycles. The minimum atomic E-state index is -0.0975. The molecule has 0 unspecified atom stereocenters. The summed E-state index contributed by atoms with van der Waals surface area (Å²) in [4.78, 5) is 30.1. The molecule has 2 aliphatic rings. The van der Waals surface area contributed by atoms with Crippen LogP contribution in [0.1, 0.15) is 16.2 Å². The van der Waals surface area contributed by atoms with Crippen molar-refractivity contribution < 1.29 is 9.53 Å². The van der Waals surface area contributed by atoms with E-state index < -0.39 is 0 Å². The maximum atomic E-state index is 12.9. The third-order valence-corrected chi connectivity index (χ3v) is 5.71. The number of rotatable bonds is 4. The quantitative estimate of drug-likeness (QED) is 0.604. The van der Waals surface area contributed by atoms with Crippen molar-refractivity contribution in [3.63, 3.8) is 0 Å². The van der Waals surface area contributed by atoms with Gasteiger partial charge in [-0.05, 0) is 19.1 Å². The second-order valence-electron chi connectivity index (χ2n) is 7.90. The largest absolute Gasteiger partial charge is 0.378 e. The number of aryl methyl sites for hydroxylation is 1. The van der Waals surface area contributed by atoms with Gasteiger partial charge in [0.15, 0.2) is 5.69 Å². The summed E-state index contributed by atoms with van der Waals surface area (Å²) in [5.41, 5.74) is 2.12. The van der Waals surface area contributed by atoms with Crippen molar-refractivity contribution in [3.05, 3.63) is 54.0 Å². The van der Waals surface area contributed by atoms with Gasteiger partial charge in [-0.25, -0.2) is 4.98 Å². The number of carbonyl (C=O) groups is 1. The Labute approximate surface area is 186 Å². The number of morpholine rings is 1. The zero-order valence-corrected chi connectivity index (χ0v) is 18.1. The maximum Gasteiger partial charge on any atom is 0.276 e. The molecule has 2 fully saturated rings. The Hall–Kier alpha value is -3.53. The highest BCUT2D eigenvalue weighted by molar-refractivity contribution is 5.92. The fourth-order valence-corrected chi connectivity index (χ4v) is 3.95. The molecule has 0 spiro atoms. The molecule has 0 N–H and O–H groups in total. The fourth-order valence-electron chi connectivity index (χ4n) is 3.95. The minimum Gasteiger partial charge on any atom is -0.378 e. The number of amides is 1. The van der Waals surface area contributed by atoms with Crippen molar-refractivity contribution in [2.24, 2.45) is 0 Å². The van der Waals surface area contributed by atoms with E-state index >= 15 is 0 Å². The normalized spacial score (nSPS) is 17.0. The van der Waals surface area contributed by atoms with Crippen LogP contribution in [0.4, 0.5) is 11.8 Å². The molecule has 0 aliphatic carbocycles. The lowest BCUT2D eigenvalue weighted by Gasteiger charge is -2.35. The number of hydrogen-bond acceptors (Lipinski definition) is 8. The van der Waals surface area contributed by atoms with Crippen LogP contribution in [0.15, 0.2) is 42.6 Å². The predicted molar refractivity (Wildman–Crippen MR) is 119 cm³/mol. The van der Waals surface area contributed by atoms with Crippen molar-refractivity contribution >= 4 is 17.7 Å². The lowest BCUT2D eigenvalue weighted by Crippen LogP contribution is -2.49. The summed E-state index contributed by atoms with van der Waals surface area (Å²) in [5.74, 6) is 1.56. The monoisotopic (exact) mass is 434 g/mol. The topological polar surface area (TPSA) is 92.5 Å². The Balaban J connectivity index is 1.24. The average Bonchev–Trinajstić information content (AvgIpc) is 3.35. The van der Waals surface area contributed by atoms with Crippen LogP contribution >= 0.6 is 0 Å². The SMILES string of the molecule is Cc1cc(N2CCN(C(=O)c3cnn(-c4ccccc4)n3)CC2)nc(N2CCOCC2)n1. The molecule has 0 saturated carbocycles. The number of anilines is 2. The first kappa shape index (κ1) is 20.4. The predicted octanol–water partition coefficient (Wildman–Crippen LogP) is 1.16. The first-order chi connectivity index (χ1) is 15.7. The zero-order chi connectivity index (χ0) is 21.9. The summed E-state index contributed by atoms with van der Waals surface area (Å²) in [5, 5.41) is 8.62.